The van der Waals surface area contributed by atoms with Crippen LogP contribution >= 0.6 is 40.7 Å². The number of nitrogens with zero attached hydrogens (tertiary/aromatic N) is 1. The van der Waals surface area contributed by atoms with Crippen molar-refractivity contribution in [2.24, 2.45) is 5.92 Å². The largest absolute Gasteiger partial charge is 0.504 e. The summed E-state index contributed by atoms with van der Waals surface area (Å²) in [4.78, 5) is 2.55. The molecule has 0 aromatic heterocycles. The highest BCUT2D eigenvalue weighted by atomic mass is 79.9. The zero-order chi connectivity index (χ0) is 16.2. The molecule has 0 unspecified atom stereocenters. The van der Waals surface area contributed by atoms with Gasteiger partial charge in [-0.15, -0.1) is 24.8 Å². The van der Waals surface area contributed by atoms with Crippen LogP contribution in [0.5, 0.6) is 11.5 Å². The van der Waals surface area contributed by atoms with Crippen LogP contribution in [0.4, 0.5) is 0 Å². The minimum Gasteiger partial charge on any atom is -0.504 e. The number of nitrogens with one attached hydrogen (secondary N) is 1. The summed E-state index contributed by atoms with van der Waals surface area (Å²) in [5, 5.41) is 14.2. The molecule has 1 saturated heterocycles. The summed E-state index contributed by atoms with van der Waals surface area (Å²) in [6.45, 7) is 4.12. The van der Waals surface area contributed by atoms with Gasteiger partial charge in [0.15, 0.2) is 11.5 Å². The number of hydrogen-bond acceptors (Lipinski definition) is 4. The average molecular weight is 456 g/mol. The third-order valence-electron chi connectivity index (χ3n) is 5.25. The Balaban J connectivity index is 0.00000156. The summed E-state index contributed by atoms with van der Waals surface area (Å²) in [5.74, 6) is 1.49. The van der Waals surface area contributed by atoms with Crippen LogP contribution in [-0.2, 0) is 0 Å². The molecule has 0 amide bonds. The predicted molar refractivity (Wildman–Crippen MR) is 111 cm³/mol. The Morgan fingerprint density at radius 3 is 2.40 bits per heavy atom. The summed E-state index contributed by atoms with van der Waals surface area (Å²) in [7, 11) is 1.62. The number of phenolic OH excluding ortho intramolecular Hbond substituents is 1. The molecule has 0 radical (unpaired) electrons. The van der Waals surface area contributed by atoms with E-state index in [0.29, 0.717) is 17.4 Å². The number of piperazine rings is 1. The topological polar surface area (TPSA) is 44.7 Å². The first-order chi connectivity index (χ1) is 11.2. The van der Waals surface area contributed by atoms with Gasteiger partial charge in [-0.25, -0.2) is 0 Å². The minimum absolute atomic E-state index is 0. The van der Waals surface area contributed by atoms with E-state index < -0.39 is 0 Å². The second-order valence-corrected chi connectivity index (χ2v) is 7.59. The van der Waals surface area contributed by atoms with E-state index in [4.69, 9.17) is 4.74 Å². The molecule has 3 rings (SSSR count). The summed E-state index contributed by atoms with van der Waals surface area (Å²) >= 11 is 3.58. The molecule has 144 valence electrons. The second-order valence-electron chi connectivity index (χ2n) is 6.67. The van der Waals surface area contributed by atoms with Crippen LogP contribution in [0.1, 0.15) is 43.7 Å². The lowest BCUT2D eigenvalue weighted by atomic mass is 9.80. The monoisotopic (exact) mass is 454 g/mol. The van der Waals surface area contributed by atoms with E-state index >= 15 is 0 Å². The van der Waals surface area contributed by atoms with Crippen molar-refractivity contribution in [3.8, 4) is 11.5 Å². The quantitative estimate of drug-likeness (QED) is 0.699. The third kappa shape index (κ3) is 5.39. The molecular weight excluding hydrogens is 427 g/mol. The molecule has 1 aliphatic heterocycles. The van der Waals surface area contributed by atoms with Crippen molar-refractivity contribution in [2.75, 3.05) is 33.3 Å². The first-order valence-electron chi connectivity index (χ1n) is 8.72. The maximum atomic E-state index is 10.8. The molecule has 2 fully saturated rings. The fraction of sp³-hybridized carbons (Fsp3) is 0.667. The Labute approximate surface area is 171 Å². The third-order valence-corrected chi connectivity index (χ3v) is 5.71. The maximum absolute atomic E-state index is 10.8. The van der Waals surface area contributed by atoms with Crippen molar-refractivity contribution in [1.82, 2.24) is 10.2 Å². The minimum atomic E-state index is 0. The Morgan fingerprint density at radius 2 is 1.80 bits per heavy atom. The smallest absolute Gasteiger partial charge is 0.162 e. The molecule has 2 aliphatic rings. The zero-order valence-electron chi connectivity index (χ0n) is 14.7. The Hall–Kier alpha value is -0.200. The Morgan fingerprint density at radius 1 is 1.16 bits per heavy atom. The molecule has 7 heteroatoms. The second kappa shape index (κ2) is 10.8. The SMILES string of the molecule is COc1cc(Br)cc([C@@H](C2CCCCC2)N2CCNCC2)c1O.Cl.Cl. The lowest BCUT2D eigenvalue weighted by Crippen LogP contribution is -2.47. The Bertz CT molecular complexity index is 518. The fourth-order valence-corrected chi connectivity index (χ4v) is 4.59. The van der Waals surface area contributed by atoms with E-state index in [-0.39, 0.29) is 30.9 Å². The predicted octanol–water partition coefficient (Wildman–Crippen LogP) is 4.53. The van der Waals surface area contributed by atoms with E-state index in [9.17, 15) is 5.11 Å². The lowest BCUT2D eigenvalue weighted by Gasteiger charge is -2.41. The number of rotatable bonds is 4. The van der Waals surface area contributed by atoms with Gasteiger partial charge in [0.2, 0.25) is 0 Å². The van der Waals surface area contributed by atoms with Crippen LogP contribution in [0.2, 0.25) is 0 Å². The molecule has 1 aromatic rings. The average Bonchev–Trinajstić information content (AvgIpc) is 2.60. The number of phenols is 1. The number of halogens is 3. The molecular formula is C18H29BrCl2N2O2. The van der Waals surface area contributed by atoms with Crippen LogP contribution in [0, 0.1) is 5.92 Å². The molecule has 1 heterocycles. The number of benzene rings is 1. The van der Waals surface area contributed by atoms with Gasteiger partial charge in [-0.3, -0.25) is 4.90 Å². The van der Waals surface area contributed by atoms with Crippen molar-refractivity contribution in [1.29, 1.82) is 0 Å². The zero-order valence-corrected chi connectivity index (χ0v) is 17.9. The maximum Gasteiger partial charge on any atom is 0.162 e. The van der Waals surface area contributed by atoms with Crippen LogP contribution < -0.4 is 10.1 Å². The molecule has 2 N–H and O–H groups in total. The van der Waals surface area contributed by atoms with Crippen LogP contribution in [0.25, 0.3) is 0 Å². The van der Waals surface area contributed by atoms with Gasteiger partial charge in [0.05, 0.1) is 7.11 Å². The van der Waals surface area contributed by atoms with Gasteiger partial charge in [0.25, 0.3) is 0 Å². The number of methoxy groups -OCH3 is 1. The summed E-state index contributed by atoms with van der Waals surface area (Å²) in [5.41, 5.74) is 1.02. The summed E-state index contributed by atoms with van der Waals surface area (Å²) < 4.78 is 6.35. The normalized spacial score (nSPS) is 20.2. The number of ether oxygens (including phenoxy) is 1. The van der Waals surface area contributed by atoms with Gasteiger partial charge in [0.1, 0.15) is 0 Å². The van der Waals surface area contributed by atoms with Gasteiger partial charge >= 0.3 is 0 Å². The van der Waals surface area contributed by atoms with Crippen molar-refractivity contribution in [2.45, 2.75) is 38.1 Å². The first-order valence-corrected chi connectivity index (χ1v) is 9.51. The van der Waals surface area contributed by atoms with Gasteiger partial charge in [0, 0.05) is 42.3 Å². The van der Waals surface area contributed by atoms with E-state index in [0.717, 1.165) is 36.2 Å². The first kappa shape index (κ1) is 22.8. The van der Waals surface area contributed by atoms with Gasteiger partial charge in [-0.1, -0.05) is 35.2 Å². The molecule has 4 nitrogen and oxygen atoms in total. The van der Waals surface area contributed by atoms with E-state index in [1.807, 2.05) is 6.07 Å². The molecule has 25 heavy (non-hydrogen) atoms. The van der Waals surface area contributed by atoms with Crippen molar-refractivity contribution in [3.63, 3.8) is 0 Å². The highest BCUT2D eigenvalue weighted by Gasteiger charge is 2.33. The van der Waals surface area contributed by atoms with Gasteiger partial charge in [-0.2, -0.15) is 0 Å². The fourth-order valence-electron chi connectivity index (χ4n) is 4.13. The van der Waals surface area contributed by atoms with Gasteiger partial charge < -0.3 is 15.2 Å². The van der Waals surface area contributed by atoms with Crippen LogP contribution in [-0.4, -0.2) is 43.3 Å². The number of aromatic hydroxyl groups is 1. The highest BCUT2D eigenvalue weighted by molar-refractivity contribution is 9.10. The van der Waals surface area contributed by atoms with E-state index in [1.165, 1.54) is 32.1 Å². The molecule has 1 aromatic carbocycles. The lowest BCUT2D eigenvalue weighted by molar-refractivity contribution is 0.101. The van der Waals surface area contributed by atoms with Gasteiger partial charge in [-0.05, 0) is 30.9 Å². The molecule has 0 spiro atoms. The van der Waals surface area contributed by atoms with Crippen molar-refractivity contribution < 1.29 is 9.84 Å². The number of hydrogen-bond donors (Lipinski definition) is 2. The van der Waals surface area contributed by atoms with Crippen LogP contribution in [0.15, 0.2) is 16.6 Å². The molecule has 1 aliphatic carbocycles. The summed E-state index contributed by atoms with van der Waals surface area (Å²) in [6.07, 6.45) is 6.46. The van der Waals surface area contributed by atoms with Crippen molar-refractivity contribution >= 4 is 40.7 Å². The standard InChI is InChI=1S/C18H27BrN2O2.2ClH/c1-23-16-12-14(19)11-15(18(16)22)17(13-5-3-2-4-6-13)21-9-7-20-8-10-21;;/h11-13,17,20,22H,2-10H2,1H3;2*1H/t17-;;/m1../s1. The summed E-state index contributed by atoms with van der Waals surface area (Å²) in [6, 6.07) is 4.21. The van der Waals surface area contributed by atoms with E-state index in [1.54, 1.807) is 7.11 Å². The highest BCUT2D eigenvalue weighted by Crippen LogP contribution is 2.45. The van der Waals surface area contributed by atoms with E-state index in [2.05, 4.69) is 32.2 Å². The Kier molecular flexibility index (Phi) is 9.89. The molecule has 0 bridgehead atoms. The van der Waals surface area contributed by atoms with Crippen LogP contribution in [0.3, 0.4) is 0 Å². The molecule has 1 saturated carbocycles. The van der Waals surface area contributed by atoms with Crippen molar-refractivity contribution in [3.05, 3.63) is 22.2 Å². The molecule has 1 atom stereocenters.